The van der Waals surface area contributed by atoms with E-state index in [1.165, 1.54) is 0 Å². The van der Waals surface area contributed by atoms with E-state index in [0.717, 1.165) is 11.4 Å². The molecule has 0 amide bonds. The molecule has 0 aliphatic carbocycles. The smallest absolute Gasteiger partial charge is 0.148 e. The normalized spacial score (nSPS) is 10.4. The lowest BCUT2D eigenvalue weighted by Gasteiger charge is -2.12. The number of nitrogens with one attached hydrogen (secondary N) is 2. The molecule has 18 heavy (non-hydrogen) atoms. The number of hydrogen-bond donors (Lipinski definition) is 3. The highest BCUT2D eigenvalue weighted by molar-refractivity contribution is 5.56. The van der Waals surface area contributed by atoms with Crippen LogP contribution in [0.5, 0.6) is 0 Å². The molecular formula is C10H16N8. The molecule has 2 rings (SSSR count). The van der Waals surface area contributed by atoms with E-state index in [9.17, 15) is 0 Å². The monoisotopic (exact) mass is 248 g/mol. The van der Waals surface area contributed by atoms with Crippen molar-refractivity contribution in [3.8, 4) is 0 Å². The van der Waals surface area contributed by atoms with E-state index in [0.29, 0.717) is 24.7 Å². The number of aromatic nitrogens is 5. The van der Waals surface area contributed by atoms with Gasteiger partial charge in [-0.05, 0) is 13.8 Å². The number of nitrogens with zero attached hydrogens (tertiary/aromatic N) is 5. The second-order valence-electron chi connectivity index (χ2n) is 3.83. The number of hydrazine groups is 1. The minimum atomic E-state index is 0.630. The Morgan fingerprint density at radius 3 is 2.72 bits per heavy atom. The van der Waals surface area contributed by atoms with E-state index in [1.54, 1.807) is 10.9 Å². The van der Waals surface area contributed by atoms with Crippen molar-refractivity contribution >= 4 is 11.6 Å². The van der Waals surface area contributed by atoms with Crippen LogP contribution in [0, 0.1) is 13.8 Å². The molecule has 8 heteroatoms. The van der Waals surface area contributed by atoms with Gasteiger partial charge in [0.15, 0.2) is 0 Å². The molecule has 96 valence electrons. The molecule has 4 N–H and O–H groups in total. The molecule has 8 nitrogen and oxygen atoms in total. The Hall–Kier alpha value is -2.22. The number of aryl methyl sites for hydroxylation is 1. The molecule has 0 radical (unpaired) electrons. The number of hydrogen-bond acceptors (Lipinski definition) is 7. The third-order valence-corrected chi connectivity index (χ3v) is 2.50. The van der Waals surface area contributed by atoms with Crippen LogP contribution < -0.4 is 16.6 Å². The lowest BCUT2D eigenvalue weighted by molar-refractivity contribution is 0.608. The fraction of sp³-hybridized carbons (Fsp3) is 0.400. The molecule has 0 fully saturated rings. The van der Waals surface area contributed by atoms with Crippen molar-refractivity contribution in [1.82, 2.24) is 25.0 Å². The molecule has 0 saturated heterocycles. The average molecular weight is 248 g/mol. The van der Waals surface area contributed by atoms with E-state index in [4.69, 9.17) is 5.84 Å². The standard InChI is InChI=1S/C10H16N8/c1-7-9(14-8(2)15-10(7)16-11)12-3-5-18-6-4-13-17-18/h4,6H,3,5,11H2,1-2H3,(H2,12,14,15,16). The first kappa shape index (κ1) is 12.2. The van der Waals surface area contributed by atoms with Gasteiger partial charge in [0.2, 0.25) is 0 Å². The van der Waals surface area contributed by atoms with Crippen LogP contribution in [0.1, 0.15) is 11.4 Å². The Morgan fingerprint density at radius 1 is 1.28 bits per heavy atom. The first-order valence-corrected chi connectivity index (χ1v) is 5.60. The van der Waals surface area contributed by atoms with Crippen LogP contribution in [-0.2, 0) is 6.54 Å². The maximum Gasteiger partial charge on any atom is 0.148 e. The van der Waals surface area contributed by atoms with Crippen LogP contribution in [0.4, 0.5) is 11.6 Å². The predicted octanol–water partition coefficient (Wildman–Crippen LogP) is 0.0826. The SMILES string of the molecule is Cc1nc(NN)c(C)c(NCCn2ccnn2)n1. The quantitative estimate of drug-likeness (QED) is 0.508. The Kier molecular flexibility index (Phi) is 3.68. The summed E-state index contributed by atoms with van der Waals surface area (Å²) in [5.74, 6) is 7.47. The van der Waals surface area contributed by atoms with Gasteiger partial charge in [0.1, 0.15) is 17.5 Å². The van der Waals surface area contributed by atoms with E-state index >= 15 is 0 Å². The largest absolute Gasteiger partial charge is 0.368 e. The summed E-state index contributed by atoms with van der Waals surface area (Å²) in [7, 11) is 0. The number of anilines is 2. The molecule has 2 heterocycles. The van der Waals surface area contributed by atoms with Crippen LogP contribution in [-0.4, -0.2) is 31.5 Å². The molecule has 0 spiro atoms. The molecule has 0 bridgehead atoms. The summed E-state index contributed by atoms with van der Waals surface area (Å²) in [6.45, 7) is 5.15. The van der Waals surface area contributed by atoms with Crippen molar-refractivity contribution in [3.63, 3.8) is 0 Å². The number of rotatable bonds is 5. The fourth-order valence-corrected chi connectivity index (χ4v) is 1.58. The van der Waals surface area contributed by atoms with Gasteiger partial charge in [-0.25, -0.2) is 15.8 Å². The van der Waals surface area contributed by atoms with Crippen molar-refractivity contribution in [3.05, 3.63) is 23.8 Å². The van der Waals surface area contributed by atoms with Gasteiger partial charge in [-0.15, -0.1) is 5.10 Å². The van der Waals surface area contributed by atoms with Crippen LogP contribution >= 0.6 is 0 Å². The zero-order valence-corrected chi connectivity index (χ0v) is 10.4. The molecule has 2 aromatic heterocycles. The van der Waals surface area contributed by atoms with Crippen LogP contribution in [0.25, 0.3) is 0 Å². The summed E-state index contributed by atoms with van der Waals surface area (Å²) < 4.78 is 1.75. The maximum absolute atomic E-state index is 5.40. The summed E-state index contributed by atoms with van der Waals surface area (Å²) in [5, 5.41) is 10.9. The van der Waals surface area contributed by atoms with E-state index in [1.807, 2.05) is 20.0 Å². The van der Waals surface area contributed by atoms with Gasteiger partial charge in [0.05, 0.1) is 12.7 Å². The van der Waals surface area contributed by atoms with E-state index < -0.39 is 0 Å². The molecule has 0 atom stereocenters. The Labute approximate surface area is 105 Å². The first-order valence-electron chi connectivity index (χ1n) is 5.60. The molecule has 0 saturated carbocycles. The van der Waals surface area contributed by atoms with Crippen molar-refractivity contribution < 1.29 is 0 Å². The van der Waals surface area contributed by atoms with Gasteiger partial charge in [0, 0.05) is 18.3 Å². The van der Waals surface area contributed by atoms with E-state index in [2.05, 4.69) is 31.0 Å². The van der Waals surface area contributed by atoms with Crippen LogP contribution in [0.3, 0.4) is 0 Å². The molecule has 0 aliphatic heterocycles. The molecule has 2 aromatic rings. The van der Waals surface area contributed by atoms with Gasteiger partial charge in [-0.1, -0.05) is 5.21 Å². The molecule has 0 aromatic carbocycles. The first-order chi connectivity index (χ1) is 8.70. The Morgan fingerprint density at radius 2 is 2.06 bits per heavy atom. The lowest BCUT2D eigenvalue weighted by Crippen LogP contribution is -2.16. The van der Waals surface area contributed by atoms with Crippen molar-refractivity contribution in [2.24, 2.45) is 5.84 Å². The van der Waals surface area contributed by atoms with Crippen LogP contribution in [0.2, 0.25) is 0 Å². The second-order valence-corrected chi connectivity index (χ2v) is 3.83. The summed E-state index contributed by atoms with van der Waals surface area (Å²) in [5.41, 5.74) is 3.45. The van der Waals surface area contributed by atoms with Gasteiger partial charge < -0.3 is 10.7 Å². The second kappa shape index (κ2) is 5.41. The highest BCUT2D eigenvalue weighted by Crippen LogP contribution is 2.18. The van der Waals surface area contributed by atoms with Gasteiger partial charge >= 0.3 is 0 Å². The summed E-state index contributed by atoms with van der Waals surface area (Å²) in [4.78, 5) is 8.53. The predicted molar refractivity (Wildman–Crippen MR) is 67.8 cm³/mol. The zero-order chi connectivity index (χ0) is 13.0. The van der Waals surface area contributed by atoms with Crippen molar-refractivity contribution in [2.75, 3.05) is 17.3 Å². The topological polar surface area (TPSA) is 107 Å². The minimum absolute atomic E-state index is 0.630. The van der Waals surface area contributed by atoms with Gasteiger partial charge in [0.25, 0.3) is 0 Å². The average Bonchev–Trinajstić information content (AvgIpc) is 2.86. The number of nitrogens with two attached hydrogens (primary N) is 1. The van der Waals surface area contributed by atoms with Crippen molar-refractivity contribution in [2.45, 2.75) is 20.4 Å². The van der Waals surface area contributed by atoms with Crippen LogP contribution in [0.15, 0.2) is 12.4 Å². The molecular weight excluding hydrogens is 232 g/mol. The third-order valence-electron chi connectivity index (χ3n) is 2.50. The zero-order valence-electron chi connectivity index (χ0n) is 10.4. The highest BCUT2D eigenvalue weighted by atomic mass is 15.4. The fourth-order valence-electron chi connectivity index (χ4n) is 1.58. The van der Waals surface area contributed by atoms with E-state index in [-0.39, 0.29) is 0 Å². The molecule has 0 unspecified atom stereocenters. The summed E-state index contributed by atoms with van der Waals surface area (Å²) >= 11 is 0. The third kappa shape index (κ3) is 2.72. The minimum Gasteiger partial charge on any atom is -0.368 e. The summed E-state index contributed by atoms with van der Waals surface area (Å²) in [6, 6.07) is 0. The summed E-state index contributed by atoms with van der Waals surface area (Å²) in [6.07, 6.45) is 3.46. The molecule has 0 aliphatic rings. The Balaban J connectivity index is 2.02. The van der Waals surface area contributed by atoms with Gasteiger partial charge in [-0.3, -0.25) is 4.68 Å². The van der Waals surface area contributed by atoms with Crippen molar-refractivity contribution in [1.29, 1.82) is 0 Å². The Bertz CT molecular complexity index is 507. The maximum atomic E-state index is 5.40. The number of nitrogen functional groups attached to an aromatic ring is 1. The van der Waals surface area contributed by atoms with Gasteiger partial charge in [-0.2, -0.15) is 0 Å². The highest BCUT2D eigenvalue weighted by Gasteiger charge is 2.07. The lowest BCUT2D eigenvalue weighted by atomic mass is 10.3.